The number of phenols is 1. The molecule has 3 aromatic carbocycles. The van der Waals surface area contributed by atoms with Crippen LogP contribution in [0.2, 0.25) is 0 Å². The number of anilines is 1. The molecule has 10 heteroatoms. The van der Waals surface area contributed by atoms with Crippen LogP contribution in [0.1, 0.15) is 52.6 Å². The van der Waals surface area contributed by atoms with Crippen LogP contribution in [0.25, 0.3) is 10.8 Å². The minimum absolute atomic E-state index is 0.165. The second-order valence-corrected chi connectivity index (χ2v) is 10.7. The maximum atomic E-state index is 14.0. The average molecular weight is 549 g/mol. The zero-order chi connectivity index (χ0) is 29.6. The number of carbonyl (C=O) groups is 4. The van der Waals surface area contributed by atoms with Gasteiger partial charge in [0.05, 0.1) is 6.42 Å². The molecule has 0 fully saturated rings. The van der Waals surface area contributed by atoms with E-state index in [1.165, 1.54) is 17.0 Å². The van der Waals surface area contributed by atoms with Crippen molar-refractivity contribution in [1.82, 2.24) is 10.2 Å². The van der Waals surface area contributed by atoms with Crippen molar-refractivity contribution >= 4 is 40.3 Å². The average Bonchev–Trinajstić information content (AvgIpc) is 2.85. The molecule has 0 aliphatic carbocycles. The topological polar surface area (TPSA) is 151 Å². The summed E-state index contributed by atoms with van der Waals surface area (Å²) in [6.07, 6.45) is -1.45. The van der Waals surface area contributed by atoms with Crippen LogP contribution in [0.4, 0.5) is 10.5 Å². The van der Waals surface area contributed by atoms with E-state index in [-0.39, 0.29) is 11.3 Å². The molecule has 0 saturated carbocycles. The van der Waals surface area contributed by atoms with Crippen LogP contribution in [0.15, 0.2) is 66.7 Å². The number of hydrogen-bond acceptors (Lipinski definition) is 6. The number of benzene rings is 3. The number of nitrogens with zero attached hydrogens (tertiary/aromatic N) is 1. The minimum atomic E-state index is -1.42. The van der Waals surface area contributed by atoms with Crippen LogP contribution >= 0.6 is 0 Å². The van der Waals surface area contributed by atoms with Crippen molar-refractivity contribution in [2.75, 3.05) is 5.32 Å². The molecule has 3 rings (SSSR count). The number of nitrogens with two attached hydrogens (primary N) is 1. The molecule has 0 saturated heterocycles. The smallest absolute Gasteiger partial charge is 0.408 e. The third-order valence-electron chi connectivity index (χ3n) is 5.98. The van der Waals surface area contributed by atoms with Gasteiger partial charge in [-0.3, -0.25) is 14.4 Å². The number of carbonyl (C=O) groups excluding carboxylic acids is 4. The summed E-state index contributed by atoms with van der Waals surface area (Å²) >= 11 is 0. The van der Waals surface area contributed by atoms with Crippen LogP contribution < -0.4 is 16.4 Å². The van der Waals surface area contributed by atoms with Gasteiger partial charge in [-0.15, -0.1) is 0 Å². The highest BCUT2D eigenvalue weighted by Gasteiger charge is 2.39. The number of hydrogen-bond donors (Lipinski definition) is 4. The highest BCUT2D eigenvalue weighted by atomic mass is 16.6. The molecule has 2 atom stereocenters. The highest BCUT2D eigenvalue weighted by molar-refractivity contribution is 6.01. The Morgan fingerprint density at radius 2 is 1.57 bits per heavy atom. The van der Waals surface area contributed by atoms with Gasteiger partial charge in [0.2, 0.25) is 11.8 Å². The SMILES string of the molecule is CC(C)N(C(=O)C(CC(N)=O)NC(=O)OC(C)(C)C)C(C(=O)Nc1ccc2ccccc2c1)c1ccccc1O. The number of fused-ring (bicyclic) bond motifs is 1. The number of primary amides is 1. The molecule has 0 aromatic heterocycles. The van der Waals surface area contributed by atoms with Gasteiger partial charge in [0.1, 0.15) is 23.4 Å². The monoisotopic (exact) mass is 548 g/mol. The van der Waals surface area contributed by atoms with Gasteiger partial charge in [0, 0.05) is 17.3 Å². The Morgan fingerprint density at radius 3 is 2.17 bits per heavy atom. The first-order valence-electron chi connectivity index (χ1n) is 12.9. The zero-order valence-corrected chi connectivity index (χ0v) is 23.3. The summed E-state index contributed by atoms with van der Waals surface area (Å²) in [7, 11) is 0. The summed E-state index contributed by atoms with van der Waals surface area (Å²) in [6, 6.07) is 15.9. The van der Waals surface area contributed by atoms with E-state index in [0.29, 0.717) is 5.69 Å². The molecule has 3 aromatic rings. The molecule has 0 aliphatic heterocycles. The first kappa shape index (κ1) is 29.9. The number of alkyl carbamates (subject to hydrolysis) is 1. The van der Waals surface area contributed by atoms with Gasteiger partial charge in [-0.05, 0) is 63.6 Å². The number of nitrogens with one attached hydrogen (secondary N) is 2. The summed E-state index contributed by atoms with van der Waals surface area (Å²) in [5, 5.41) is 17.9. The fourth-order valence-electron chi connectivity index (χ4n) is 4.32. The van der Waals surface area contributed by atoms with E-state index >= 15 is 0 Å². The van der Waals surface area contributed by atoms with Crippen LogP contribution in [0.5, 0.6) is 5.75 Å². The molecule has 0 bridgehead atoms. The minimum Gasteiger partial charge on any atom is -0.508 e. The Bertz CT molecular complexity index is 1400. The maximum absolute atomic E-state index is 14.0. The first-order valence-corrected chi connectivity index (χ1v) is 12.9. The lowest BCUT2D eigenvalue weighted by Gasteiger charge is -2.37. The van der Waals surface area contributed by atoms with Gasteiger partial charge in [-0.25, -0.2) is 4.79 Å². The van der Waals surface area contributed by atoms with E-state index < -0.39 is 54.0 Å². The lowest BCUT2D eigenvalue weighted by Crippen LogP contribution is -2.55. The molecule has 212 valence electrons. The van der Waals surface area contributed by atoms with Crippen LogP contribution in [0.3, 0.4) is 0 Å². The Hall–Kier alpha value is -4.60. The van der Waals surface area contributed by atoms with Gasteiger partial charge in [0.25, 0.3) is 5.91 Å². The van der Waals surface area contributed by atoms with Crippen molar-refractivity contribution < 1.29 is 29.0 Å². The second kappa shape index (κ2) is 12.5. The van der Waals surface area contributed by atoms with E-state index in [2.05, 4.69) is 10.6 Å². The summed E-state index contributed by atoms with van der Waals surface area (Å²) in [5.41, 5.74) is 5.20. The molecule has 0 aliphatic rings. The lowest BCUT2D eigenvalue weighted by molar-refractivity contribution is -0.144. The summed E-state index contributed by atoms with van der Waals surface area (Å²) in [6.45, 7) is 8.34. The molecular formula is C30H36N4O6. The standard InChI is InChI=1S/C30H36N4O6/c1-18(2)34(28(38)23(17-25(31)36)33-29(39)40-30(3,4)5)26(22-12-8-9-13-24(22)35)27(37)32-21-15-14-19-10-6-7-11-20(19)16-21/h6-16,18,23,26,35H,17H2,1-5H3,(H2,31,36)(H,32,37)(H,33,39). The molecule has 0 heterocycles. The number of phenolic OH excluding ortho intramolecular Hbond substituents is 1. The van der Waals surface area contributed by atoms with Gasteiger partial charge < -0.3 is 31.1 Å². The molecular weight excluding hydrogens is 512 g/mol. The maximum Gasteiger partial charge on any atom is 0.408 e. The molecule has 4 amide bonds. The fraction of sp³-hybridized carbons (Fsp3) is 0.333. The quantitative estimate of drug-likeness (QED) is 0.314. The molecule has 0 spiro atoms. The van der Waals surface area contributed by atoms with Gasteiger partial charge in [-0.1, -0.05) is 48.5 Å². The van der Waals surface area contributed by atoms with E-state index in [1.54, 1.807) is 58.9 Å². The van der Waals surface area contributed by atoms with E-state index in [0.717, 1.165) is 10.8 Å². The van der Waals surface area contributed by atoms with Crippen molar-refractivity contribution in [3.63, 3.8) is 0 Å². The van der Waals surface area contributed by atoms with Gasteiger partial charge >= 0.3 is 6.09 Å². The fourth-order valence-corrected chi connectivity index (χ4v) is 4.32. The normalized spacial score (nSPS) is 12.8. The third-order valence-corrected chi connectivity index (χ3v) is 5.98. The van der Waals surface area contributed by atoms with Crippen LogP contribution in [0, 0.1) is 0 Å². The number of para-hydroxylation sites is 1. The summed E-state index contributed by atoms with van der Waals surface area (Å²) in [5.74, 6) is -2.39. The number of rotatable bonds is 9. The van der Waals surface area contributed by atoms with Crippen LogP contribution in [-0.4, -0.2) is 51.5 Å². The third kappa shape index (κ3) is 7.72. The van der Waals surface area contributed by atoms with Crippen molar-refractivity contribution in [1.29, 1.82) is 0 Å². The first-order chi connectivity index (χ1) is 18.8. The van der Waals surface area contributed by atoms with E-state index in [1.807, 2.05) is 30.3 Å². The molecule has 5 N–H and O–H groups in total. The Kier molecular flexibility index (Phi) is 9.36. The molecule has 0 radical (unpaired) electrons. The predicted octanol–water partition coefficient (Wildman–Crippen LogP) is 4.23. The largest absolute Gasteiger partial charge is 0.508 e. The van der Waals surface area contributed by atoms with Crippen LogP contribution in [-0.2, 0) is 19.1 Å². The predicted molar refractivity (Wildman–Crippen MR) is 152 cm³/mol. The van der Waals surface area contributed by atoms with E-state index in [9.17, 15) is 24.3 Å². The molecule has 2 unspecified atom stereocenters. The Labute approximate surface area is 233 Å². The Morgan fingerprint density at radius 1 is 0.950 bits per heavy atom. The second-order valence-electron chi connectivity index (χ2n) is 10.7. The highest BCUT2D eigenvalue weighted by Crippen LogP contribution is 2.32. The number of amides is 4. The van der Waals surface area contributed by atoms with Crippen molar-refractivity contribution in [3.05, 3.63) is 72.3 Å². The molecule has 10 nitrogen and oxygen atoms in total. The van der Waals surface area contributed by atoms with Gasteiger partial charge in [0.15, 0.2) is 0 Å². The van der Waals surface area contributed by atoms with Gasteiger partial charge in [-0.2, -0.15) is 0 Å². The number of ether oxygens (including phenoxy) is 1. The van der Waals surface area contributed by atoms with Crippen molar-refractivity contribution in [2.45, 2.75) is 64.8 Å². The lowest BCUT2D eigenvalue weighted by atomic mass is 9.99. The zero-order valence-electron chi connectivity index (χ0n) is 23.3. The molecule has 40 heavy (non-hydrogen) atoms. The number of aromatic hydroxyl groups is 1. The Balaban J connectivity index is 2.03. The van der Waals surface area contributed by atoms with E-state index in [4.69, 9.17) is 10.5 Å². The summed E-state index contributed by atoms with van der Waals surface area (Å²) < 4.78 is 5.27. The van der Waals surface area contributed by atoms with Crippen molar-refractivity contribution in [2.24, 2.45) is 5.73 Å². The van der Waals surface area contributed by atoms with Crippen molar-refractivity contribution in [3.8, 4) is 5.75 Å². The summed E-state index contributed by atoms with van der Waals surface area (Å²) in [4.78, 5) is 53.5.